The fourth-order valence-electron chi connectivity index (χ4n) is 3.24. The molecule has 0 saturated carbocycles. The number of anilines is 2. The van der Waals surface area contributed by atoms with Gasteiger partial charge in [0, 0.05) is 31.9 Å². The van der Waals surface area contributed by atoms with Gasteiger partial charge < -0.3 is 14.5 Å². The number of hydrogen-bond donors (Lipinski definition) is 0. The first-order valence-corrected chi connectivity index (χ1v) is 8.99. The Balaban J connectivity index is 1.56. The van der Waals surface area contributed by atoms with Crippen molar-refractivity contribution in [3.63, 3.8) is 0 Å². The molecule has 1 aromatic heterocycles. The molecule has 2 aromatic carbocycles. The Bertz CT molecular complexity index is 945. The number of aromatic nitrogens is 2. The normalized spacial score (nSPS) is 14.0. The van der Waals surface area contributed by atoms with Gasteiger partial charge in [0.25, 0.3) is 0 Å². The summed E-state index contributed by atoms with van der Waals surface area (Å²) in [5.74, 6) is 0.731. The predicted molar refractivity (Wildman–Crippen MR) is 106 cm³/mol. The van der Waals surface area contributed by atoms with Crippen molar-refractivity contribution in [1.29, 1.82) is 0 Å². The summed E-state index contributed by atoms with van der Waals surface area (Å²) in [4.78, 5) is 23.7. The topological polar surface area (TPSA) is 84.6 Å². The van der Waals surface area contributed by atoms with Gasteiger partial charge in [-0.15, -0.1) is 0 Å². The molecule has 0 aliphatic carbocycles. The van der Waals surface area contributed by atoms with Gasteiger partial charge in [-0.05, 0) is 24.3 Å². The van der Waals surface area contributed by atoms with Crippen molar-refractivity contribution in [2.24, 2.45) is 0 Å². The summed E-state index contributed by atoms with van der Waals surface area (Å²) < 4.78 is 5.66. The predicted octanol–water partition coefficient (Wildman–Crippen LogP) is 3.50. The second-order valence-corrected chi connectivity index (χ2v) is 6.33. The van der Waals surface area contributed by atoms with E-state index < -0.39 is 4.92 Å². The second-order valence-electron chi connectivity index (χ2n) is 6.33. The van der Waals surface area contributed by atoms with Gasteiger partial charge in [0.2, 0.25) is 5.82 Å². The highest BCUT2D eigenvalue weighted by molar-refractivity contribution is 5.64. The molecule has 142 valence electrons. The number of ether oxygens (including phenoxy) is 1. The zero-order chi connectivity index (χ0) is 19.3. The summed E-state index contributed by atoms with van der Waals surface area (Å²) in [6, 6.07) is 19.0. The number of hydrogen-bond acceptors (Lipinski definition) is 7. The first kappa shape index (κ1) is 17.7. The number of rotatable bonds is 5. The van der Waals surface area contributed by atoms with Crippen LogP contribution in [0.1, 0.15) is 0 Å². The monoisotopic (exact) mass is 377 g/mol. The molecule has 0 bridgehead atoms. The maximum absolute atomic E-state index is 11.8. The number of para-hydroxylation sites is 2. The Morgan fingerprint density at radius 2 is 1.46 bits per heavy atom. The highest BCUT2D eigenvalue weighted by Gasteiger charge is 2.30. The van der Waals surface area contributed by atoms with Crippen LogP contribution in [0, 0.1) is 10.1 Å². The summed E-state index contributed by atoms with van der Waals surface area (Å²) in [5, 5.41) is 11.8. The van der Waals surface area contributed by atoms with Crippen LogP contribution in [-0.4, -0.2) is 41.1 Å². The van der Waals surface area contributed by atoms with E-state index >= 15 is 0 Å². The SMILES string of the molecule is O=[N+]([O-])c1c(Oc2ccccc2)ncnc1N1CCN(c2ccccc2)CC1. The Morgan fingerprint density at radius 3 is 2.11 bits per heavy atom. The van der Waals surface area contributed by atoms with E-state index in [-0.39, 0.29) is 11.6 Å². The van der Waals surface area contributed by atoms with Crippen LogP contribution < -0.4 is 14.5 Å². The average molecular weight is 377 g/mol. The maximum Gasteiger partial charge on any atom is 0.373 e. The Kier molecular flexibility index (Phi) is 5.01. The second kappa shape index (κ2) is 7.91. The van der Waals surface area contributed by atoms with Crippen LogP contribution >= 0.6 is 0 Å². The molecule has 0 unspecified atom stereocenters. The van der Waals surface area contributed by atoms with Crippen molar-refractivity contribution in [2.75, 3.05) is 36.0 Å². The molecule has 2 heterocycles. The van der Waals surface area contributed by atoms with Gasteiger partial charge in [-0.3, -0.25) is 10.1 Å². The van der Waals surface area contributed by atoms with Crippen LogP contribution in [0.2, 0.25) is 0 Å². The lowest BCUT2D eigenvalue weighted by atomic mass is 10.2. The molecule has 1 fully saturated rings. The molecule has 0 spiro atoms. The lowest BCUT2D eigenvalue weighted by molar-refractivity contribution is -0.385. The van der Waals surface area contributed by atoms with Crippen LogP contribution in [-0.2, 0) is 0 Å². The van der Waals surface area contributed by atoms with Gasteiger partial charge in [-0.25, -0.2) is 4.98 Å². The zero-order valence-corrected chi connectivity index (χ0v) is 15.1. The van der Waals surface area contributed by atoms with Crippen molar-refractivity contribution in [2.45, 2.75) is 0 Å². The van der Waals surface area contributed by atoms with E-state index in [2.05, 4.69) is 27.0 Å². The average Bonchev–Trinajstić information content (AvgIpc) is 2.75. The van der Waals surface area contributed by atoms with E-state index in [0.717, 1.165) is 18.8 Å². The summed E-state index contributed by atoms with van der Waals surface area (Å²) in [7, 11) is 0. The maximum atomic E-state index is 11.8. The van der Waals surface area contributed by atoms with Crippen LogP contribution in [0.25, 0.3) is 0 Å². The van der Waals surface area contributed by atoms with Crippen LogP contribution in [0.3, 0.4) is 0 Å². The highest BCUT2D eigenvalue weighted by atomic mass is 16.6. The highest BCUT2D eigenvalue weighted by Crippen LogP contribution is 2.36. The number of piperazine rings is 1. The van der Waals surface area contributed by atoms with Gasteiger partial charge in [0.05, 0.1) is 4.92 Å². The van der Waals surface area contributed by atoms with Gasteiger partial charge in [0.1, 0.15) is 12.1 Å². The van der Waals surface area contributed by atoms with Crippen LogP contribution in [0.15, 0.2) is 67.0 Å². The van der Waals surface area contributed by atoms with Crippen molar-refractivity contribution in [3.05, 3.63) is 77.1 Å². The quantitative estimate of drug-likeness (QED) is 0.497. The lowest BCUT2D eigenvalue weighted by Crippen LogP contribution is -2.47. The van der Waals surface area contributed by atoms with Crippen LogP contribution in [0.4, 0.5) is 17.2 Å². The standard InChI is InChI=1S/C20H19N5O3/c26-25(27)18-19(21-15-22-20(18)28-17-9-5-2-6-10-17)24-13-11-23(12-14-24)16-7-3-1-4-8-16/h1-10,15H,11-14H2. The molecule has 1 saturated heterocycles. The van der Waals surface area contributed by atoms with Crippen molar-refractivity contribution in [1.82, 2.24) is 9.97 Å². The number of nitrogens with zero attached hydrogens (tertiary/aromatic N) is 5. The minimum atomic E-state index is -0.475. The molecule has 1 aliphatic rings. The number of nitro groups is 1. The van der Waals surface area contributed by atoms with E-state index in [9.17, 15) is 10.1 Å². The van der Waals surface area contributed by atoms with Crippen molar-refractivity contribution in [3.8, 4) is 11.6 Å². The molecule has 8 heteroatoms. The third-order valence-electron chi connectivity index (χ3n) is 4.61. The van der Waals surface area contributed by atoms with Crippen molar-refractivity contribution < 1.29 is 9.66 Å². The Hall–Kier alpha value is -3.68. The minimum Gasteiger partial charge on any atom is -0.434 e. The first-order valence-electron chi connectivity index (χ1n) is 8.99. The Labute approximate surface area is 162 Å². The van der Waals surface area contributed by atoms with E-state index in [1.165, 1.54) is 6.33 Å². The minimum absolute atomic E-state index is 0.0494. The van der Waals surface area contributed by atoms with E-state index in [1.54, 1.807) is 24.3 Å². The first-order chi connectivity index (χ1) is 13.7. The fraction of sp³-hybridized carbons (Fsp3) is 0.200. The van der Waals surface area contributed by atoms with Gasteiger partial charge >= 0.3 is 11.6 Å². The van der Waals surface area contributed by atoms with Crippen molar-refractivity contribution >= 4 is 17.2 Å². The fourth-order valence-corrected chi connectivity index (χ4v) is 3.24. The van der Waals surface area contributed by atoms with Crippen LogP contribution in [0.5, 0.6) is 11.6 Å². The Morgan fingerprint density at radius 1 is 0.857 bits per heavy atom. The third-order valence-corrected chi connectivity index (χ3v) is 4.61. The number of benzene rings is 2. The van der Waals surface area contributed by atoms with Gasteiger partial charge in [-0.2, -0.15) is 4.98 Å². The summed E-state index contributed by atoms with van der Waals surface area (Å²) in [6.45, 7) is 2.75. The largest absolute Gasteiger partial charge is 0.434 e. The molecule has 4 rings (SSSR count). The summed E-state index contributed by atoms with van der Waals surface area (Å²) >= 11 is 0. The van der Waals surface area contributed by atoms with Gasteiger partial charge in [-0.1, -0.05) is 36.4 Å². The molecule has 0 radical (unpaired) electrons. The van der Waals surface area contributed by atoms with E-state index in [4.69, 9.17) is 4.74 Å². The van der Waals surface area contributed by atoms with E-state index in [0.29, 0.717) is 24.7 Å². The molecule has 0 amide bonds. The lowest BCUT2D eigenvalue weighted by Gasteiger charge is -2.36. The molecular formula is C20H19N5O3. The van der Waals surface area contributed by atoms with E-state index in [1.807, 2.05) is 29.2 Å². The smallest absolute Gasteiger partial charge is 0.373 e. The zero-order valence-electron chi connectivity index (χ0n) is 15.1. The molecule has 8 nitrogen and oxygen atoms in total. The summed E-state index contributed by atoms with van der Waals surface area (Å²) in [5.41, 5.74) is 0.937. The molecule has 0 atom stereocenters. The third kappa shape index (κ3) is 3.71. The molecule has 0 N–H and O–H groups in total. The molecule has 28 heavy (non-hydrogen) atoms. The summed E-state index contributed by atoms with van der Waals surface area (Å²) in [6.07, 6.45) is 1.31. The molecular weight excluding hydrogens is 358 g/mol. The molecule has 3 aromatic rings. The van der Waals surface area contributed by atoms with Gasteiger partial charge in [0.15, 0.2) is 0 Å². The molecule has 1 aliphatic heterocycles.